The Hall–Kier alpha value is -2.23. The highest BCUT2D eigenvalue weighted by Crippen LogP contribution is 2.38. The lowest BCUT2D eigenvalue weighted by molar-refractivity contribution is -0.106. The largest absolute Gasteiger partial charge is 0.495 e. The molecular formula is C15H17NO3. The average Bonchev–Trinajstić information content (AvgIpc) is 2.67. The number of anilines is 2. The molecule has 0 fully saturated rings. The van der Waals surface area contributed by atoms with Gasteiger partial charge in [0.1, 0.15) is 17.3 Å². The van der Waals surface area contributed by atoms with Gasteiger partial charge in [0.15, 0.2) is 0 Å². The molecule has 0 aliphatic heterocycles. The number of amides is 1. The molecule has 0 N–H and O–H groups in total. The number of nitrogens with zero attached hydrogens (tertiary/aromatic N) is 1. The first-order chi connectivity index (χ1) is 9.10. The van der Waals surface area contributed by atoms with E-state index in [4.69, 9.17) is 9.15 Å². The summed E-state index contributed by atoms with van der Waals surface area (Å²) < 4.78 is 10.9. The van der Waals surface area contributed by atoms with Gasteiger partial charge in [-0.25, -0.2) is 0 Å². The summed E-state index contributed by atoms with van der Waals surface area (Å²) in [6.07, 6.45) is 0.780. The summed E-state index contributed by atoms with van der Waals surface area (Å²) in [5.41, 5.74) is 2.43. The van der Waals surface area contributed by atoms with Crippen LogP contribution in [0.25, 0.3) is 0 Å². The highest BCUT2D eigenvalue weighted by Gasteiger charge is 2.21. The van der Waals surface area contributed by atoms with Crippen LogP contribution in [0.5, 0.6) is 5.75 Å². The van der Waals surface area contributed by atoms with Crippen molar-refractivity contribution in [2.75, 3.05) is 12.0 Å². The molecule has 1 aromatic carbocycles. The summed E-state index contributed by atoms with van der Waals surface area (Å²) in [4.78, 5) is 13.1. The summed E-state index contributed by atoms with van der Waals surface area (Å²) in [6.45, 7) is 5.67. The van der Waals surface area contributed by atoms with Crippen molar-refractivity contribution >= 4 is 17.8 Å². The number of hydrogen-bond donors (Lipinski definition) is 0. The molecule has 0 aliphatic carbocycles. The first-order valence-corrected chi connectivity index (χ1v) is 6.04. The van der Waals surface area contributed by atoms with Gasteiger partial charge in [0.25, 0.3) is 0 Å². The van der Waals surface area contributed by atoms with E-state index in [9.17, 15) is 4.79 Å². The van der Waals surface area contributed by atoms with Crippen molar-refractivity contribution in [3.63, 3.8) is 0 Å². The topological polar surface area (TPSA) is 42.7 Å². The fourth-order valence-electron chi connectivity index (χ4n) is 2.19. The van der Waals surface area contributed by atoms with Crippen LogP contribution in [0.2, 0.25) is 0 Å². The second-order valence-electron chi connectivity index (χ2n) is 4.34. The van der Waals surface area contributed by atoms with Gasteiger partial charge in [-0.1, -0.05) is 12.1 Å². The first kappa shape index (κ1) is 13.2. The Labute approximate surface area is 112 Å². The van der Waals surface area contributed by atoms with Crippen molar-refractivity contribution < 1.29 is 13.9 Å². The number of para-hydroxylation sites is 2. The average molecular weight is 259 g/mol. The van der Waals surface area contributed by atoms with Crippen LogP contribution in [0.3, 0.4) is 0 Å². The quantitative estimate of drug-likeness (QED) is 0.789. The summed E-state index contributed by atoms with van der Waals surface area (Å²) in [6, 6.07) is 7.40. The van der Waals surface area contributed by atoms with Gasteiger partial charge in [-0.2, -0.15) is 0 Å². The number of benzene rings is 1. The summed E-state index contributed by atoms with van der Waals surface area (Å²) in [5.74, 6) is 2.18. The monoisotopic (exact) mass is 259 g/mol. The Morgan fingerprint density at radius 1 is 1.16 bits per heavy atom. The molecule has 4 nitrogen and oxygen atoms in total. The molecule has 0 unspecified atom stereocenters. The predicted molar refractivity (Wildman–Crippen MR) is 74.1 cm³/mol. The first-order valence-electron chi connectivity index (χ1n) is 6.04. The zero-order chi connectivity index (χ0) is 14.0. The van der Waals surface area contributed by atoms with E-state index in [0.717, 1.165) is 23.4 Å². The molecular weight excluding hydrogens is 242 g/mol. The van der Waals surface area contributed by atoms with Gasteiger partial charge in [-0.05, 0) is 32.9 Å². The van der Waals surface area contributed by atoms with E-state index in [1.54, 1.807) is 12.0 Å². The lowest BCUT2D eigenvalue weighted by Gasteiger charge is -2.20. The predicted octanol–water partition coefficient (Wildman–Crippen LogP) is 3.51. The number of methoxy groups -OCH3 is 1. The van der Waals surface area contributed by atoms with E-state index < -0.39 is 0 Å². The van der Waals surface area contributed by atoms with Gasteiger partial charge in [0.2, 0.25) is 6.41 Å². The summed E-state index contributed by atoms with van der Waals surface area (Å²) in [7, 11) is 1.59. The van der Waals surface area contributed by atoms with E-state index in [-0.39, 0.29) is 0 Å². The van der Waals surface area contributed by atoms with Crippen LogP contribution in [0.15, 0.2) is 28.7 Å². The number of ether oxygens (including phenoxy) is 1. The van der Waals surface area contributed by atoms with Gasteiger partial charge in [0, 0.05) is 5.56 Å². The molecule has 2 rings (SSSR count). The van der Waals surface area contributed by atoms with Crippen molar-refractivity contribution in [1.82, 2.24) is 0 Å². The van der Waals surface area contributed by atoms with Crippen LogP contribution < -0.4 is 9.64 Å². The normalized spacial score (nSPS) is 10.3. The standard InChI is InChI=1S/C15H17NO3/c1-10-11(2)19-12(3)15(10)16(9-17)13-7-5-6-8-14(13)18-4/h5-9H,1-4H3. The number of aryl methyl sites for hydroxylation is 2. The molecule has 19 heavy (non-hydrogen) atoms. The molecule has 1 heterocycles. The number of carbonyl (C=O) groups excluding carboxylic acids is 1. The SMILES string of the molecule is COc1ccccc1N(C=O)c1c(C)oc(C)c1C. The Kier molecular flexibility index (Phi) is 3.60. The smallest absolute Gasteiger partial charge is 0.218 e. The molecule has 0 radical (unpaired) electrons. The number of furan rings is 1. The third-order valence-electron chi connectivity index (χ3n) is 3.21. The van der Waals surface area contributed by atoms with E-state index in [1.807, 2.05) is 45.0 Å². The maximum Gasteiger partial charge on any atom is 0.218 e. The second-order valence-corrected chi connectivity index (χ2v) is 4.34. The van der Waals surface area contributed by atoms with Gasteiger partial charge >= 0.3 is 0 Å². The van der Waals surface area contributed by atoms with E-state index in [0.29, 0.717) is 17.2 Å². The van der Waals surface area contributed by atoms with Gasteiger partial charge < -0.3 is 9.15 Å². The Morgan fingerprint density at radius 3 is 2.37 bits per heavy atom. The molecule has 0 atom stereocenters. The second kappa shape index (κ2) is 5.18. The highest BCUT2D eigenvalue weighted by molar-refractivity contribution is 5.91. The van der Waals surface area contributed by atoms with Crippen molar-refractivity contribution in [1.29, 1.82) is 0 Å². The zero-order valence-corrected chi connectivity index (χ0v) is 11.6. The maximum atomic E-state index is 11.5. The molecule has 0 spiro atoms. The van der Waals surface area contributed by atoms with E-state index >= 15 is 0 Å². The Balaban J connectivity index is 2.59. The van der Waals surface area contributed by atoms with E-state index in [1.165, 1.54) is 0 Å². The van der Waals surface area contributed by atoms with Gasteiger partial charge in [0.05, 0.1) is 18.5 Å². The molecule has 0 saturated heterocycles. The van der Waals surface area contributed by atoms with Crippen LogP contribution in [0.4, 0.5) is 11.4 Å². The minimum atomic E-state index is 0.646. The Bertz CT molecular complexity index is 601. The van der Waals surface area contributed by atoms with E-state index in [2.05, 4.69) is 0 Å². The molecule has 4 heteroatoms. The lowest BCUT2D eigenvalue weighted by Crippen LogP contribution is -2.16. The number of hydrogen-bond acceptors (Lipinski definition) is 3. The third kappa shape index (κ3) is 2.21. The van der Waals surface area contributed by atoms with Crippen LogP contribution in [0, 0.1) is 20.8 Å². The minimum absolute atomic E-state index is 0.646. The van der Waals surface area contributed by atoms with Gasteiger partial charge in [-0.15, -0.1) is 0 Å². The van der Waals surface area contributed by atoms with Crippen molar-refractivity contribution in [2.45, 2.75) is 20.8 Å². The molecule has 0 bridgehead atoms. The van der Waals surface area contributed by atoms with Crippen LogP contribution in [-0.4, -0.2) is 13.5 Å². The molecule has 1 aromatic heterocycles. The number of rotatable bonds is 4. The van der Waals surface area contributed by atoms with Crippen molar-refractivity contribution in [3.8, 4) is 5.75 Å². The van der Waals surface area contributed by atoms with Crippen LogP contribution >= 0.6 is 0 Å². The van der Waals surface area contributed by atoms with Crippen LogP contribution in [0.1, 0.15) is 17.1 Å². The summed E-state index contributed by atoms with van der Waals surface area (Å²) >= 11 is 0. The minimum Gasteiger partial charge on any atom is -0.495 e. The molecule has 100 valence electrons. The lowest BCUT2D eigenvalue weighted by atomic mass is 10.2. The van der Waals surface area contributed by atoms with Crippen molar-refractivity contribution in [3.05, 3.63) is 41.3 Å². The van der Waals surface area contributed by atoms with Crippen molar-refractivity contribution in [2.24, 2.45) is 0 Å². The highest BCUT2D eigenvalue weighted by atomic mass is 16.5. The van der Waals surface area contributed by atoms with Gasteiger partial charge in [-0.3, -0.25) is 9.69 Å². The fourth-order valence-corrected chi connectivity index (χ4v) is 2.19. The molecule has 0 saturated carbocycles. The number of carbonyl (C=O) groups is 1. The zero-order valence-electron chi connectivity index (χ0n) is 11.6. The molecule has 2 aromatic rings. The fraction of sp³-hybridized carbons (Fsp3) is 0.267. The molecule has 0 aliphatic rings. The third-order valence-corrected chi connectivity index (χ3v) is 3.21. The maximum absolute atomic E-state index is 11.5. The molecule has 1 amide bonds. The van der Waals surface area contributed by atoms with Crippen LogP contribution in [-0.2, 0) is 4.79 Å². The Morgan fingerprint density at radius 2 is 1.84 bits per heavy atom. The summed E-state index contributed by atoms with van der Waals surface area (Å²) in [5, 5.41) is 0.